The highest BCUT2D eigenvalue weighted by atomic mass is 32.2. The molecule has 1 aliphatic heterocycles. The molecule has 1 aliphatic rings. The molecule has 1 fully saturated rings. The molecule has 0 saturated carbocycles. The van der Waals surface area contributed by atoms with Crippen molar-refractivity contribution in [3.63, 3.8) is 0 Å². The van der Waals surface area contributed by atoms with Crippen LogP contribution in [0.5, 0.6) is 0 Å². The zero-order valence-electron chi connectivity index (χ0n) is 10.1. The van der Waals surface area contributed by atoms with E-state index < -0.39 is 5.60 Å². The molecule has 0 spiro atoms. The lowest BCUT2D eigenvalue weighted by molar-refractivity contribution is 0.0314. The van der Waals surface area contributed by atoms with Crippen molar-refractivity contribution in [1.82, 2.24) is 5.32 Å². The smallest absolute Gasteiger partial charge is 0.0787 e. The normalized spacial score (nSPS) is 20.8. The van der Waals surface area contributed by atoms with Crippen molar-refractivity contribution >= 4 is 11.8 Å². The fourth-order valence-corrected chi connectivity index (χ4v) is 3.27. The van der Waals surface area contributed by atoms with Gasteiger partial charge in [0, 0.05) is 6.54 Å². The second-order valence-electron chi connectivity index (χ2n) is 4.65. The standard InChI is InChI=1S/C12H25NOS/c1-3-11(4-2)9-13-10-12(14)5-7-15-8-6-12/h11,13-14H,3-10H2,1-2H3. The topological polar surface area (TPSA) is 32.3 Å². The van der Waals surface area contributed by atoms with Gasteiger partial charge >= 0.3 is 0 Å². The molecular formula is C12H25NOS. The van der Waals surface area contributed by atoms with E-state index in [-0.39, 0.29) is 0 Å². The molecule has 3 heteroatoms. The van der Waals surface area contributed by atoms with Crippen LogP contribution in [0, 0.1) is 5.92 Å². The van der Waals surface area contributed by atoms with Gasteiger partial charge in [-0.2, -0.15) is 11.8 Å². The SMILES string of the molecule is CCC(CC)CNCC1(O)CCSCC1. The number of thioether (sulfide) groups is 1. The van der Waals surface area contributed by atoms with Crippen molar-refractivity contribution in [2.45, 2.75) is 45.1 Å². The van der Waals surface area contributed by atoms with E-state index in [4.69, 9.17) is 0 Å². The monoisotopic (exact) mass is 231 g/mol. The molecule has 1 heterocycles. The number of nitrogens with one attached hydrogen (secondary N) is 1. The lowest BCUT2D eigenvalue weighted by atomic mass is 9.96. The Hall–Kier alpha value is 0.270. The van der Waals surface area contributed by atoms with E-state index >= 15 is 0 Å². The van der Waals surface area contributed by atoms with Crippen LogP contribution in [0.25, 0.3) is 0 Å². The van der Waals surface area contributed by atoms with Crippen LogP contribution in [0.3, 0.4) is 0 Å². The van der Waals surface area contributed by atoms with Crippen LogP contribution >= 0.6 is 11.8 Å². The Bertz CT molecular complexity index is 165. The lowest BCUT2D eigenvalue weighted by Gasteiger charge is -2.32. The van der Waals surface area contributed by atoms with Crippen LogP contribution < -0.4 is 5.32 Å². The second kappa shape index (κ2) is 6.77. The van der Waals surface area contributed by atoms with Gasteiger partial charge in [0.05, 0.1) is 5.60 Å². The maximum absolute atomic E-state index is 10.3. The van der Waals surface area contributed by atoms with Crippen LogP contribution in [0.2, 0.25) is 0 Å². The number of hydrogen-bond donors (Lipinski definition) is 2. The van der Waals surface area contributed by atoms with Crippen molar-refractivity contribution in [3.8, 4) is 0 Å². The summed E-state index contributed by atoms with van der Waals surface area (Å²) in [5.41, 5.74) is -0.419. The summed E-state index contributed by atoms with van der Waals surface area (Å²) < 4.78 is 0. The van der Waals surface area contributed by atoms with E-state index in [0.717, 1.165) is 43.4 Å². The minimum atomic E-state index is -0.419. The first kappa shape index (κ1) is 13.3. The molecule has 1 saturated heterocycles. The van der Waals surface area contributed by atoms with Gasteiger partial charge in [-0.25, -0.2) is 0 Å². The highest BCUT2D eigenvalue weighted by Gasteiger charge is 2.28. The van der Waals surface area contributed by atoms with E-state index in [1.807, 2.05) is 11.8 Å². The second-order valence-corrected chi connectivity index (χ2v) is 5.87. The summed E-state index contributed by atoms with van der Waals surface area (Å²) in [7, 11) is 0. The molecule has 1 rings (SSSR count). The van der Waals surface area contributed by atoms with Crippen LogP contribution in [0.4, 0.5) is 0 Å². The van der Waals surface area contributed by atoms with Crippen LogP contribution in [-0.4, -0.2) is 35.3 Å². The van der Waals surface area contributed by atoms with Gasteiger partial charge in [0.2, 0.25) is 0 Å². The predicted molar refractivity (Wildman–Crippen MR) is 68.5 cm³/mol. The van der Waals surface area contributed by atoms with Crippen molar-refractivity contribution in [2.75, 3.05) is 24.6 Å². The first-order valence-corrected chi connectivity index (χ1v) is 7.36. The number of rotatable bonds is 6. The Balaban J connectivity index is 2.17. The van der Waals surface area contributed by atoms with Crippen LogP contribution in [0.1, 0.15) is 39.5 Å². The van der Waals surface area contributed by atoms with Gasteiger partial charge in [-0.1, -0.05) is 26.7 Å². The molecule has 0 aromatic rings. The summed E-state index contributed by atoms with van der Waals surface area (Å²) in [6.45, 7) is 6.32. The fourth-order valence-electron chi connectivity index (χ4n) is 2.01. The molecule has 0 bridgehead atoms. The van der Waals surface area contributed by atoms with Crippen molar-refractivity contribution in [2.24, 2.45) is 5.92 Å². The van der Waals surface area contributed by atoms with E-state index in [1.165, 1.54) is 12.8 Å². The molecule has 0 aliphatic carbocycles. The Kier molecular flexibility index (Phi) is 6.02. The maximum atomic E-state index is 10.3. The minimum absolute atomic E-state index is 0.419. The Morgan fingerprint density at radius 2 is 1.87 bits per heavy atom. The minimum Gasteiger partial charge on any atom is -0.389 e. The predicted octanol–water partition coefficient (Wildman–Crippen LogP) is 2.27. The molecule has 0 atom stereocenters. The molecule has 0 radical (unpaired) electrons. The third-order valence-electron chi connectivity index (χ3n) is 3.47. The lowest BCUT2D eigenvalue weighted by Crippen LogP contribution is -2.44. The van der Waals surface area contributed by atoms with Crippen molar-refractivity contribution in [3.05, 3.63) is 0 Å². The molecule has 90 valence electrons. The molecule has 2 N–H and O–H groups in total. The molecule has 0 aromatic carbocycles. The van der Waals surface area contributed by atoms with E-state index in [1.54, 1.807) is 0 Å². The zero-order valence-corrected chi connectivity index (χ0v) is 10.9. The van der Waals surface area contributed by atoms with Gasteiger partial charge in [0.25, 0.3) is 0 Å². The fraction of sp³-hybridized carbons (Fsp3) is 1.00. The highest BCUT2D eigenvalue weighted by molar-refractivity contribution is 7.99. The average molecular weight is 231 g/mol. The van der Waals surface area contributed by atoms with Gasteiger partial charge in [0.1, 0.15) is 0 Å². The summed E-state index contributed by atoms with van der Waals surface area (Å²) in [6.07, 6.45) is 4.37. The van der Waals surface area contributed by atoms with Gasteiger partial charge < -0.3 is 10.4 Å². The molecule has 0 unspecified atom stereocenters. The highest BCUT2D eigenvalue weighted by Crippen LogP contribution is 2.26. The van der Waals surface area contributed by atoms with Crippen molar-refractivity contribution in [1.29, 1.82) is 0 Å². The average Bonchev–Trinajstić information content (AvgIpc) is 2.25. The Morgan fingerprint density at radius 1 is 1.27 bits per heavy atom. The van der Waals surface area contributed by atoms with Crippen LogP contribution in [-0.2, 0) is 0 Å². The summed E-state index contributed by atoms with van der Waals surface area (Å²) in [6, 6.07) is 0. The summed E-state index contributed by atoms with van der Waals surface area (Å²) in [5.74, 6) is 3.00. The van der Waals surface area contributed by atoms with E-state index in [0.29, 0.717) is 0 Å². The molecule has 15 heavy (non-hydrogen) atoms. The molecule has 0 aromatic heterocycles. The number of hydrogen-bond acceptors (Lipinski definition) is 3. The summed E-state index contributed by atoms with van der Waals surface area (Å²) in [5, 5.41) is 13.7. The third kappa shape index (κ3) is 4.75. The van der Waals surface area contributed by atoms with Crippen molar-refractivity contribution < 1.29 is 5.11 Å². The maximum Gasteiger partial charge on any atom is 0.0787 e. The summed E-state index contributed by atoms with van der Waals surface area (Å²) in [4.78, 5) is 0. The Morgan fingerprint density at radius 3 is 2.40 bits per heavy atom. The molecular weight excluding hydrogens is 206 g/mol. The van der Waals surface area contributed by atoms with E-state index in [9.17, 15) is 5.11 Å². The van der Waals surface area contributed by atoms with Crippen LogP contribution in [0.15, 0.2) is 0 Å². The quantitative estimate of drug-likeness (QED) is 0.735. The first-order valence-electron chi connectivity index (χ1n) is 6.21. The first-order chi connectivity index (χ1) is 7.20. The van der Waals surface area contributed by atoms with Gasteiger partial charge in [-0.3, -0.25) is 0 Å². The molecule has 2 nitrogen and oxygen atoms in total. The molecule has 0 amide bonds. The largest absolute Gasteiger partial charge is 0.389 e. The summed E-state index contributed by atoms with van der Waals surface area (Å²) >= 11 is 1.96. The zero-order chi connectivity index (χ0) is 11.1. The van der Waals surface area contributed by atoms with Gasteiger partial charge in [-0.15, -0.1) is 0 Å². The number of aliphatic hydroxyl groups is 1. The van der Waals surface area contributed by atoms with E-state index in [2.05, 4.69) is 19.2 Å². The third-order valence-corrected chi connectivity index (χ3v) is 4.45. The Labute approximate surface area is 98.2 Å². The van der Waals surface area contributed by atoms with Gasteiger partial charge in [0.15, 0.2) is 0 Å². The van der Waals surface area contributed by atoms with Gasteiger partial charge in [-0.05, 0) is 36.8 Å².